The SMILES string of the molecule is COc1cccc(OCC2=NNCN2c2ccccc2)c1. The first-order valence-electron chi connectivity index (χ1n) is 6.75. The summed E-state index contributed by atoms with van der Waals surface area (Å²) in [4.78, 5) is 2.08. The Morgan fingerprint density at radius 3 is 2.71 bits per heavy atom. The van der Waals surface area contributed by atoms with Gasteiger partial charge in [-0.15, -0.1) is 0 Å². The lowest BCUT2D eigenvalue weighted by molar-refractivity contribution is 0.367. The molecular weight excluding hydrogens is 266 g/mol. The van der Waals surface area contributed by atoms with E-state index in [1.807, 2.05) is 54.6 Å². The Labute approximate surface area is 123 Å². The number of methoxy groups -OCH3 is 1. The van der Waals surface area contributed by atoms with Crippen LogP contribution in [0.4, 0.5) is 5.69 Å². The Morgan fingerprint density at radius 2 is 1.90 bits per heavy atom. The van der Waals surface area contributed by atoms with Gasteiger partial charge in [0.1, 0.15) is 24.8 Å². The average molecular weight is 283 g/mol. The molecule has 0 unspecified atom stereocenters. The lowest BCUT2D eigenvalue weighted by Gasteiger charge is -2.19. The third-order valence-corrected chi connectivity index (χ3v) is 3.23. The number of benzene rings is 2. The van der Waals surface area contributed by atoms with E-state index in [4.69, 9.17) is 9.47 Å². The summed E-state index contributed by atoms with van der Waals surface area (Å²) in [5.41, 5.74) is 4.08. The topological polar surface area (TPSA) is 46.1 Å². The van der Waals surface area contributed by atoms with Crippen molar-refractivity contribution in [2.24, 2.45) is 5.10 Å². The smallest absolute Gasteiger partial charge is 0.168 e. The maximum Gasteiger partial charge on any atom is 0.168 e. The summed E-state index contributed by atoms with van der Waals surface area (Å²) in [6.45, 7) is 1.05. The monoisotopic (exact) mass is 283 g/mol. The predicted molar refractivity (Wildman–Crippen MR) is 82.8 cm³/mol. The van der Waals surface area contributed by atoms with Gasteiger partial charge < -0.3 is 14.4 Å². The zero-order chi connectivity index (χ0) is 14.5. The molecule has 0 bridgehead atoms. The van der Waals surface area contributed by atoms with Crippen LogP contribution >= 0.6 is 0 Å². The minimum atomic E-state index is 0.398. The molecule has 2 aromatic rings. The molecule has 0 saturated carbocycles. The van der Waals surface area contributed by atoms with Crippen LogP contribution < -0.4 is 19.8 Å². The minimum Gasteiger partial charge on any atom is -0.497 e. The van der Waals surface area contributed by atoms with Crippen molar-refractivity contribution in [3.05, 3.63) is 54.6 Å². The van der Waals surface area contributed by atoms with Crippen LogP contribution in [-0.4, -0.2) is 26.2 Å². The number of rotatable bonds is 5. The second-order valence-corrected chi connectivity index (χ2v) is 4.58. The van der Waals surface area contributed by atoms with E-state index in [1.165, 1.54) is 0 Å². The molecule has 3 rings (SSSR count). The van der Waals surface area contributed by atoms with Crippen LogP contribution in [0.25, 0.3) is 0 Å². The highest BCUT2D eigenvalue weighted by Gasteiger charge is 2.18. The molecule has 0 atom stereocenters. The molecule has 0 fully saturated rings. The highest BCUT2D eigenvalue weighted by molar-refractivity contribution is 5.99. The fourth-order valence-corrected chi connectivity index (χ4v) is 2.15. The van der Waals surface area contributed by atoms with E-state index in [0.29, 0.717) is 13.3 Å². The Morgan fingerprint density at radius 1 is 1.10 bits per heavy atom. The van der Waals surface area contributed by atoms with Crippen LogP contribution in [0.15, 0.2) is 59.7 Å². The summed E-state index contributed by atoms with van der Waals surface area (Å²) in [6, 6.07) is 17.7. The van der Waals surface area contributed by atoms with Crippen molar-refractivity contribution in [3.8, 4) is 11.5 Å². The van der Waals surface area contributed by atoms with Crippen molar-refractivity contribution in [3.63, 3.8) is 0 Å². The van der Waals surface area contributed by atoms with Gasteiger partial charge in [0.05, 0.1) is 7.11 Å². The lowest BCUT2D eigenvalue weighted by Crippen LogP contribution is -2.32. The summed E-state index contributed by atoms with van der Waals surface area (Å²) < 4.78 is 11.0. The molecule has 5 nitrogen and oxygen atoms in total. The van der Waals surface area contributed by atoms with Gasteiger partial charge in [-0.05, 0) is 24.3 Å². The Balaban J connectivity index is 1.67. The first-order valence-corrected chi connectivity index (χ1v) is 6.75. The second kappa shape index (κ2) is 6.17. The van der Waals surface area contributed by atoms with Crippen LogP contribution in [0.2, 0.25) is 0 Å². The van der Waals surface area contributed by atoms with Crippen LogP contribution in [-0.2, 0) is 0 Å². The summed E-state index contributed by atoms with van der Waals surface area (Å²) in [7, 11) is 1.64. The molecule has 0 aliphatic carbocycles. The second-order valence-electron chi connectivity index (χ2n) is 4.58. The number of anilines is 1. The van der Waals surface area contributed by atoms with Crippen molar-refractivity contribution in [1.29, 1.82) is 0 Å². The van der Waals surface area contributed by atoms with Gasteiger partial charge in [0.2, 0.25) is 0 Å². The number of nitrogens with one attached hydrogen (secondary N) is 1. The number of para-hydroxylation sites is 1. The van der Waals surface area contributed by atoms with E-state index in [9.17, 15) is 0 Å². The van der Waals surface area contributed by atoms with E-state index in [2.05, 4.69) is 15.4 Å². The molecule has 0 radical (unpaired) electrons. The zero-order valence-corrected chi connectivity index (χ0v) is 11.8. The van der Waals surface area contributed by atoms with E-state index >= 15 is 0 Å². The van der Waals surface area contributed by atoms with Gasteiger partial charge in [0.15, 0.2) is 5.84 Å². The van der Waals surface area contributed by atoms with Crippen molar-refractivity contribution in [2.45, 2.75) is 0 Å². The molecule has 1 aliphatic rings. The number of hydrogen-bond donors (Lipinski definition) is 1. The van der Waals surface area contributed by atoms with Gasteiger partial charge in [-0.25, -0.2) is 0 Å². The summed E-state index contributed by atoms with van der Waals surface area (Å²) >= 11 is 0. The largest absolute Gasteiger partial charge is 0.497 e. The summed E-state index contributed by atoms with van der Waals surface area (Å²) in [5.74, 6) is 2.39. The summed E-state index contributed by atoms with van der Waals surface area (Å²) in [5, 5.41) is 4.29. The maximum absolute atomic E-state index is 5.79. The highest BCUT2D eigenvalue weighted by Crippen LogP contribution is 2.20. The Kier molecular flexibility index (Phi) is 3.91. The molecule has 0 spiro atoms. The Hall–Kier alpha value is -2.69. The molecule has 1 N–H and O–H groups in total. The van der Waals surface area contributed by atoms with Crippen molar-refractivity contribution < 1.29 is 9.47 Å². The van der Waals surface area contributed by atoms with E-state index in [0.717, 1.165) is 23.0 Å². The molecule has 2 aromatic carbocycles. The van der Waals surface area contributed by atoms with Crippen LogP contribution in [0.1, 0.15) is 0 Å². The van der Waals surface area contributed by atoms with Crippen LogP contribution in [0, 0.1) is 0 Å². The Bertz CT molecular complexity index is 628. The third-order valence-electron chi connectivity index (χ3n) is 3.23. The predicted octanol–water partition coefficient (Wildman–Crippen LogP) is 2.45. The number of amidine groups is 1. The third kappa shape index (κ3) is 3.08. The summed E-state index contributed by atoms with van der Waals surface area (Å²) in [6.07, 6.45) is 0. The molecule has 1 aliphatic heterocycles. The van der Waals surface area contributed by atoms with Gasteiger partial charge in [0.25, 0.3) is 0 Å². The number of nitrogens with zero attached hydrogens (tertiary/aromatic N) is 2. The first-order chi connectivity index (χ1) is 10.4. The number of hydrazone groups is 1. The van der Waals surface area contributed by atoms with Crippen LogP contribution in [0.3, 0.4) is 0 Å². The van der Waals surface area contributed by atoms with E-state index < -0.39 is 0 Å². The average Bonchev–Trinajstić information content (AvgIpc) is 3.02. The standard InChI is InChI=1S/C16H17N3O2/c1-20-14-8-5-9-15(10-14)21-11-16-18-17-12-19(16)13-6-3-2-4-7-13/h2-10,17H,11-12H2,1H3. The van der Waals surface area contributed by atoms with E-state index in [-0.39, 0.29) is 0 Å². The zero-order valence-electron chi connectivity index (χ0n) is 11.8. The van der Waals surface area contributed by atoms with Crippen molar-refractivity contribution in [2.75, 3.05) is 25.3 Å². The molecule has 21 heavy (non-hydrogen) atoms. The van der Waals surface area contributed by atoms with Gasteiger partial charge >= 0.3 is 0 Å². The minimum absolute atomic E-state index is 0.398. The van der Waals surface area contributed by atoms with Crippen molar-refractivity contribution >= 4 is 11.5 Å². The molecule has 1 heterocycles. The highest BCUT2D eigenvalue weighted by atomic mass is 16.5. The normalized spacial score (nSPS) is 13.6. The van der Waals surface area contributed by atoms with E-state index in [1.54, 1.807) is 7.11 Å². The lowest BCUT2D eigenvalue weighted by atomic mass is 10.3. The molecule has 0 saturated heterocycles. The number of hydrogen-bond acceptors (Lipinski definition) is 5. The molecule has 5 heteroatoms. The molecule has 108 valence electrons. The molecule has 0 amide bonds. The molecule has 0 aromatic heterocycles. The number of ether oxygens (including phenoxy) is 2. The fraction of sp³-hybridized carbons (Fsp3) is 0.188. The van der Waals surface area contributed by atoms with Gasteiger partial charge in [0, 0.05) is 11.8 Å². The van der Waals surface area contributed by atoms with Crippen LogP contribution in [0.5, 0.6) is 11.5 Å². The van der Waals surface area contributed by atoms with Gasteiger partial charge in [-0.1, -0.05) is 24.3 Å². The molecular formula is C16H17N3O2. The fourth-order valence-electron chi connectivity index (χ4n) is 2.15. The maximum atomic E-state index is 5.79. The van der Waals surface area contributed by atoms with Gasteiger partial charge in [-0.2, -0.15) is 5.10 Å². The quantitative estimate of drug-likeness (QED) is 0.915. The first kappa shape index (κ1) is 13.3. The van der Waals surface area contributed by atoms with Gasteiger partial charge in [-0.3, -0.25) is 5.43 Å². The van der Waals surface area contributed by atoms with Crippen molar-refractivity contribution in [1.82, 2.24) is 5.43 Å².